The van der Waals surface area contributed by atoms with Gasteiger partial charge in [-0.15, -0.1) is 0 Å². The van der Waals surface area contributed by atoms with E-state index in [4.69, 9.17) is 10.5 Å². The second kappa shape index (κ2) is 6.48. The first-order valence-corrected chi connectivity index (χ1v) is 7.79. The quantitative estimate of drug-likeness (QED) is 0.847. The zero-order valence-electron chi connectivity index (χ0n) is 13.4. The van der Waals surface area contributed by atoms with Crippen LogP contribution in [0.3, 0.4) is 0 Å². The lowest BCUT2D eigenvalue weighted by Gasteiger charge is -2.38. The minimum atomic E-state index is -0.476. The van der Waals surface area contributed by atoms with Gasteiger partial charge in [0.1, 0.15) is 11.9 Å². The van der Waals surface area contributed by atoms with Crippen LogP contribution in [-0.2, 0) is 0 Å². The van der Waals surface area contributed by atoms with Crippen LogP contribution < -0.4 is 15.4 Å². The van der Waals surface area contributed by atoms with Crippen molar-refractivity contribution in [2.24, 2.45) is 11.7 Å². The Morgan fingerprint density at radius 2 is 2.14 bits per heavy atom. The molecule has 4 heteroatoms. The van der Waals surface area contributed by atoms with Gasteiger partial charge in [0.2, 0.25) is 0 Å². The van der Waals surface area contributed by atoms with Gasteiger partial charge in [0.25, 0.3) is 0 Å². The number of hydrogen-bond acceptors (Lipinski definition) is 4. The Kier molecular flexibility index (Phi) is 4.88. The average Bonchev–Trinajstić information content (AvgIpc) is 2.46. The number of hydrogen-bond donors (Lipinski definition) is 1. The summed E-state index contributed by atoms with van der Waals surface area (Å²) < 4.78 is 6.08. The van der Waals surface area contributed by atoms with Crippen LogP contribution in [0.25, 0.3) is 0 Å². The molecule has 4 nitrogen and oxygen atoms in total. The predicted octanol–water partition coefficient (Wildman–Crippen LogP) is 2.85. The van der Waals surface area contributed by atoms with Crippen molar-refractivity contribution in [1.82, 2.24) is 0 Å². The number of benzene rings is 1. The van der Waals surface area contributed by atoms with Gasteiger partial charge in [-0.05, 0) is 37.5 Å². The molecule has 0 radical (unpaired) electrons. The first-order chi connectivity index (χ1) is 9.93. The molecule has 0 aliphatic carbocycles. The van der Waals surface area contributed by atoms with Crippen LogP contribution >= 0.6 is 0 Å². The molecule has 1 aromatic carbocycles. The van der Waals surface area contributed by atoms with Crippen molar-refractivity contribution in [3.05, 3.63) is 23.8 Å². The molecule has 0 amide bonds. The van der Waals surface area contributed by atoms with Crippen molar-refractivity contribution in [1.29, 1.82) is 0 Å². The fraction of sp³-hybridized carbons (Fsp3) is 0.588. The summed E-state index contributed by atoms with van der Waals surface area (Å²) in [5.41, 5.74) is 7.38. The maximum absolute atomic E-state index is 12.1. The van der Waals surface area contributed by atoms with E-state index in [0.717, 1.165) is 30.9 Å². The van der Waals surface area contributed by atoms with Crippen molar-refractivity contribution in [2.45, 2.75) is 46.3 Å². The van der Waals surface area contributed by atoms with Crippen molar-refractivity contribution in [3.8, 4) is 5.75 Å². The number of Topliss-reactive ketones (excluding diaryl/α,β-unsaturated/α-hetero) is 1. The highest BCUT2D eigenvalue weighted by Crippen LogP contribution is 2.36. The SMILES string of the molecule is CCCN1CC(C(C)C)Oc2ccc(C(=O)C(C)N)cc21. The monoisotopic (exact) mass is 290 g/mol. The van der Waals surface area contributed by atoms with Gasteiger partial charge in [0.15, 0.2) is 5.78 Å². The van der Waals surface area contributed by atoms with Crippen LogP contribution in [0.1, 0.15) is 44.5 Å². The van der Waals surface area contributed by atoms with E-state index in [9.17, 15) is 4.79 Å². The van der Waals surface area contributed by atoms with Gasteiger partial charge in [-0.2, -0.15) is 0 Å². The van der Waals surface area contributed by atoms with Crippen molar-refractivity contribution < 1.29 is 9.53 Å². The zero-order valence-corrected chi connectivity index (χ0v) is 13.4. The van der Waals surface area contributed by atoms with Crippen molar-refractivity contribution in [2.75, 3.05) is 18.0 Å². The van der Waals surface area contributed by atoms with Gasteiger partial charge in [-0.3, -0.25) is 4.79 Å². The Morgan fingerprint density at radius 1 is 1.43 bits per heavy atom. The summed E-state index contributed by atoms with van der Waals surface area (Å²) in [6.07, 6.45) is 1.26. The number of carbonyl (C=O) groups excluding carboxylic acids is 1. The van der Waals surface area contributed by atoms with E-state index in [1.165, 1.54) is 0 Å². The molecule has 1 aromatic rings. The smallest absolute Gasteiger partial charge is 0.179 e. The lowest BCUT2D eigenvalue weighted by atomic mass is 10.0. The second-order valence-corrected chi connectivity index (χ2v) is 6.18. The van der Waals surface area contributed by atoms with Crippen molar-refractivity contribution >= 4 is 11.5 Å². The van der Waals surface area contributed by atoms with E-state index in [1.807, 2.05) is 18.2 Å². The van der Waals surface area contributed by atoms with Crippen molar-refractivity contribution in [3.63, 3.8) is 0 Å². The van der Waals surface area contributed by atoms with E-state index in [1.54, 1.807) is 6.92 Å². The number of ether oxygens (including phenoxy) is 1. The Bertz CT molecular complexity index is 512. The van der Waals surface area contributed by atoms with Gasteiger partial charge < -0.3 is 15.4 Å². The second-order valence-electron chi connectivity index (χ2n) is 6.18. The van der Waals surface area contributed by atoms with E-state index >= 15 is 0 Å². The third-order valence-corrected chi connectivity index (χ3v) is 3.91. The van der Waals surface area contributed by atoms with Gasteiger partial charge >= 0.3 is 0 Å². The van der Waals surface area contributed by atoms with Crippen LogP contribution in [0.2, 0.25) is 0 Å². The maximum Gasteiger partial charge on any atom is 0.179 e. The summed E-state index contributed by atoms with van der Waals surface area (Å²) in [4.78, 5) is 14.4. The molecule has 2 rings (SSSR count). The highest BCUT2D eigenvalue weighted by Gasteiger charge is 2.28. The summed E-state index contributed by atoms with van der Waals surface area (Å²) in [5.74, 6) is 1.30. The molecule has 0 spiro atoms. The molecular weight excluding hydrogens is 264 g/mol. The Hall–Kier alpha value is -1.55. The summed E-state index contributed by atoms with van der Waals surface area (Å²) in [7, 11) is 0. The molecule has 2 unspecified atom stereocenters. The lowest BCUT2D eigenvalue weighted by molar-refractivity contribution is 0.0967. The molecule has 0 bridgehead atoms. The molecule has 21 heavy (non-hydrogen) atoms. The highest BCUT2D eigenvalue weighted by molar-refractivity contribution is 6.00. The van der Waals surface area contributed by atoms with Gasteiger partial charge in [0, 0.05) is 12.1 Å². The molecule has 0 aromatic heterocycles. The summed E-state index contributed by atoms with van der Waals surface area (Å²) in [5, 5.41) is 0. The van der Waals surface area contributed by atoms with Crippen LogP contribution in [-0.4, -0.2) is 31.0 Å². The normalized spacial score (nSPS) is 19.1. The van der Waals surface area contributed by atoms with Gasteiger partial charge in [-0.1, -0.05) is 20.8 Å². The van der Waals surface area contributed by atoms with Crippen LogP contribution in [0, 0.1) is 5.92 Å². The number of carbonyl (C=O) groups is 1. The van der Waals surface area contributed by atoms with E-state index in [2.05, 4.69) is 25.7 Å². The summed E-state index contributed by atoms with van der Waals surface area (Å²) in [6.45, 7) is 10.1. The first-order valence-electron chi connectivity index (χ1n) is 7.79. The molecular formula is C17H26N2O2. The number of ketones is 1. The number of fused-ring (bicyclic) bond motifs is 1. The minimum Gasteiger partial charge on any atom is -0.486 e. The molecule has 0 saturated carbocycles. The maximum atomic E-state index is 12.1. The zero-order chi connectivity index (χ0) is 15.6. The fourth-order valence-corrected chi connectivity index (χ4v) is 2.62. The Morgan fingerprint density at radius 3 is 2.71 bits per heavy atom. The predicted molar refractivity (Wildman–Crippen MR) is 86.2 cm³/mol. The minimum absolute atomic E-state index is 0.0276. The average molecular weight is 290 g/mol. The van der Waals surface area contributed by atoms with E-state index < -0.39 is 6.04 Å². The number of nitrogens with two attached hydrogens (primary N) is 1. The molecule has 0 saturated heterocycles. The largest absolute Gasteiger partial charge is 0.486 e. The molecule has 0 fully saturated rings. The Balaban J connectivity index is 2.36. The van der Waals surface area contributed by atoms with E-state index in [0.29, 0.717) is 11.5 Å². The third-order valence-electron chi connectivity index (χ3n) is 3.91. The molecule has 1 heterocycles. The number of rotatable bonds is 5. The van der Waals surface area contributed by atoms with Crippen LogP contribution in [0.4, 0.5) is 5.69 Å². The number of anilines is 1. The van der Waals surface area contributed by atoms with E-state index in [-0.39, 0.29) is 11.9 Å². The number of nitrogens with zero attached hydrogens (tertiary/aromatic N) is 1. The summed E-state index contributed by atoms with van der Waals surface area (Å²) >= 11 is 0. The first kappa shape index (κ1) is 15.8. The standard InChI is InChI=1S/C17H26N2O2/c1-5-8-19-10-16(11(2)3)21-15-7-6-13(9-14(15)19)17(20)12(4)18/h6-7,9,11-12,16H,5,8,10,18H2,1-4H3. The third kappa shape index (κ3) is 3.38. The van der Waals surface area contributed by atoms with Crippen LogP contribution in [0.15, 0.2) is 18.2 Å². The molecule has 2 atom stereocenters. The molecule has 1 aliphatic rings. The topological polar surface area (TPSA) is 55.6 Å². The van der Waals surface area contributed by atoms with Crippen LogP contribution in [0.5, 0.6) is 5.75 Å². The Labute approximate surface area is 127 Å². The molecule has 2 N–H and O–H groups in total. The molecule has 1 aliphatic heterocycles. The molecule has 116 valence electrons. The highest BCUT2D eigenvalue weighted by atomic mass is 16.5. The fourth-order valence-electron chi connectivity index (χ4n) is 2.62. The van der Waals surface area contributed by atoms with Gasteiger partial charge in [-0.25, -0.2) is 0 Å². The lowest BCUT2D eigenvalue weighted by Crippen LogP contribution is -2.43. The summed E-state index contributed by atoms with van der Waals surface area (Å²) in [6, 6.07) is 5.17. The van der Waals surface area contributed by atoms with Gasteiger partial charge in [0.05, 0.1) is 18.3 Å².